The van der Waals surface area contributed by atoms with Crippen molar-refractivity contribution in [2.75, 3.05) is 25.1 Å². The normalized spacial score (nSPS) is 15.3. The summed E-state index contributed by atoms with van der Waals surface area (Å²) in [6.45, 7) is 1.04. The van der Waals surface area contributed by atoms with Gasteiger partial charge in [-0.05, 0) is 31.0 Å². The maximum absolute atomic E-state index is 12.1. The van der Waals surface area contributed by atoms with E-state index < -0.39 is 0 Å². The number of amides is 1. The number of carbonyl (C=O) groups excluding carboxylic acids is 1. The van der Waals surface area contributed by atoms with E-state index in [1.807, 2.05) is 0 Å². The molecule has 1 fully saturated rings. The number of hydrogen-bond acceptors (Lipinski definition) is 3. The largest absolute Gasteiger partial charge is 0.384 e. The Kier molecular flexibility index (Phi) is 5.42. The van der Waals surface area contributed by atoms with Gasteiger partial charge in [-0.25, -0.2) is 0 Å². The van der Waals surface area contributed by atoms with Gasteiger partial charge < -0.3 is 15.2 Å². The first-order valence-corrected chi connectivity index (χ1v) is 6.86. The molecule has 2 N–H and O–H groups in total. The van der Waals surface area contributed by atoms with Crippen molar-refractivity contribution in [2.24, 2.45) is 5.92 Å². The summed E-state index contributed by atoms with van der Waals surface area (Å²) in [6.07, 6.45) is 1.46. The Morgan fingerprint density at radius 3 is 2.90 bits per heavy atom. The van der Waals surface area contributed by atoms with E-state index in [0.29, 0.717) is 29.5 Å². The molecule has 0 atom stereocenters. The molecule has 0 radical (unpaired) electrons. The smallest absolute Gasteiger partial charge is 0.227 e. The van der Waals surface area contributed by atoms with E-state index in [0.717, 1.165) is 12.8 Å². The number of anilines is 1. The summed E-state index contributed by atoms with van der Waals surface area (Å²) in [6, 6.07) is 5.14. The van der Waals surface area contributed by atoms with Gasteiger partial charge in [0.15, 0.2) is 0 Å². The minimum atomic E-state index is -0.202. The van der Waals surface area contributed by atoms with E-state index in [9.17, 15) is 4.79 Å². The van der Waals surface area contributed by atoms with E-state index in [1.165, 1.54) is 0 Å². The van der Waals surface area contributed by atoms with Crippen molar-refractivity contribution in [3.8, 4) is 11.8 Å². The molecule has 1 amide bonds. The Hall–Kier alpha value is -1.54. The molecule has 1 saturated heterocycles. The van der Waals surface area contributed by atoms with Gasteiger partial charge in [0.25, 0.3) is 0 Å². The summed E-state index contributed by atoms with van der Waals surface area (Å²) in [7, 11) is 0. The fraction of sp³-hybridized carbons (Fsp3) is 0.400. The highest BCUT2D eigenvalue weighted by molar-refractivity contribution is 6.33. The molecular weight excluding hydrogens is 278 g/mol. The average molecular weight is 294 g/mol. The van der Waals surface area contributed by atoms with Crippen LogP contribution in [0.1, 0.15) is 18.4 Å². The monoisotopic (exact) mass is 293 g/mol. The summed E-state index contributed by atoms with van der Waals surface area (Å²) in [5.74, 6) is 5.27. The molecule has 1 heterocycles. The molecule has 0 spiro atoms. The number of carbonyl (C=O) groups is 1. The van der Waals surface area contributed by atoms with E-state index >= 15 is 0 Å². The molecule has 0 aromatic heterocycles. The molecule has 1 aliphatic rings. The number of hydrogen-bond donors (Lipinski definition) is 2. The quantitative estimate of drug-likeness (QED) is 0.821. The topological polar surface area (TPSA) is 58.6 Å². The fourth-order valence-corrected chi connectivity index (χ4v) is 2.20. The van der Waals surface area contributed by atoms with Crippen molar-refractivity contribution < 1.29 is 14.6 Å². The first-order chi connectivity index (χ1) is 9.70. The zero-order chi connectivity index (χ0) is 14.4. The van der Waals surface area contributed by atoms with Crippen molar-refractivity contribution in [3.05, 3.63) is 28.8 Å². The highest BCUT2D eigenvalue weighted by Crippen LogP contribution is 2.25. The van der Waals surface area contributed by atoms with Gasteiger partial charge in [0, 0.05) is 24.7 Å². The summed E-state index contributed by atoms with van der Waals surface area (Å²) in [5, 5.41) is 12.0. The van der Waals surface area contributed by atoms with Gasteiger partial charge in [-0.15, -0.1) is 0 Å². The molecule has 1 aromatic rings. The Balaban J connectivity index is 2.09. The van der Waals surface area contributed by atoms with Crippen molar-refractivity contribution in [1.82, 2.24) is 0 Å². The first-order valence-electron chi connectivity index (χ1n) is 6.48. The number of aliphatic hydroxyl groups is 1. The Labute approximate surface area is 123 Å². The second-order valence-corrected chi connectivity index (χ2v) is 4.94. The lowest BCUT2D eigenvalue weighted by atomic mass is 9.99. The summed E-state index contributed by atoms with van der Waals surface area (Å²) in [5.41, 5.74) is 1.25. The number of nitrogens with one attached hydrogen (secondary N) is 1. The maximum Gasteiger partial charge on any atom is 0.227 e. The third-order valence-corrected chi connectivity index (χ3v) is 3.46. The number of rotatable bonds is 2. The van der Waals surface area contributed by atoms with E-state index in [4.69, 9.17) is 21.4 Å². The summed E-state index contributed by atoms with van der Waals surface area (Å²) in [4.78, 5) is 12.1. The summed E-state index contributed by atoms with van der Waals surface area (Å²) < 4.78 is 5.24. The number of benzene rings is 1. The molecule has 106 valence electrons. The van der Waals surface area contributed by atoms with Gasteiger partial charge in [-0.1, -0.05) is 23.4 Å². The minimum absolute atomic E-state index is 0.0352. The van der Waals surface area contributed by atoms with Gasteiger partial charge in [0.1, 0.15) is 6.61 Å². The van der Waals surface area contributed by atoms with Crippen LogP contribution in [0.2, 0.25) is 5.02 Å². The van der Waals surface area contributed by atoms with Crippen LogP contribution in [0, 0.1) is 17.8 Å². The molecule has 0 saturated carbocycles. The van der Waals surface area contributed by atoms with Crippen molar-refractivity contribution in [2.45, 2.75) is 12.8 Å². The Morgan fingerprint density at radius 1 is 1.45 bits per heavy atom. The summed E-state index contributed by atoms with van der Waals surface area (Å²) >= 11 is 6.08. The van der Waals surface area contributed by atoms with E-state index in [2.05, 4.69) is 17.2 Å². The second kappa shape index (κ2) is 7.30. The third-order valence-electron chi connectivity index (χ3n) is 3.13. The predicted octanol–water partition coefficient (Wildman–Crippen LogP) is 2.05. The zero-order valence-electron chi connectivity index (χ0n) is 11.0. The van der Waals surface area contributed by atoms with Gasteiger partial charge in [0.05, 0.1) is 10.7 Å². The predicted molar refractivity (Wildman–Crippen MR) is 77.6 cm³/mol. The number of halogens is 1. The van der Waals surface area contributed by atoms with Crippen molar-refractivity contribution in [1.29, 1.82) is 0 Å². The first kappa shape index (κ1) is 14.9. The van der Waals surface area contributed by atoms with Crippen molar-refractivity contribution in [3.63, 3.8) is 0 Å². The van der Waals surface area contributed by atoms with Gasteiger partial charge >= 0.3 is 0 Å². The highest BCUT2D eigenvalue weighted by Gasteiger charge is 2.22. The molecule has 4 nitrogen and oxygen atoms in total. The van der Waals surface area contributed by atoms with E-state index in [1.54, 1.807) is 18.2 Å². The van der Waals surface area contributed by atoms with Crippen LogP contribution in [0.3, 0.4) is 0 Å². The second-order valence-electron chi connectivity index (χ2n) is 4.53. The Bertz CT molecular complexity index is 542. The molecule has 1 aliphatic heterocycles. The van der Waals surface area contributed by atoms with Crippen LogP contribution in [-0.2, 0) is 9.53 Å². The molecule has 20 heavy (non-hydrogen) atoms. The molecule has 2 rings (SSSR count). The third kappa shape index (κ3) is 3.97. The van der Waals surface area contributed by atoms with Crippen molar-refractivity contribution >= 4 is 23.2 Å². The molecule has 0 bridgehead atoms. The molecule has 5 heteroatoms. The van der Waals surface area contributed by atoms with Crippen LogP contribution in [0.15, 0.2) is 18.2 Å². The van der Waals surface area contributed by atoms with Crippen LogP contribution >= 0.6 is 11.6 Å². The number of ether oxygens (including phenoxy) is 1. The molecule has 0 aliphatic carbocycles. The van der Waals surface area contributed by atoms with Gasteiger partial charge in [-0.3, -0.25) is 4.79 Å². The van der Waals surface area contributed by atoms with Gasteiger partial charge in [0.2, 0.25) is 5.91 Å². The lowest BCUT2D eigenvalue weighted by molar-refractivity contribution is -0.122. The highest BCUT2D eigenvalue weighted by atomic mass is 35.5. The minimum Gasteiger partial charge on any atom is -0.384 e. The SMILES string of the molecule is O=C(Nc1cc(C#CCO)ccc1Cl)C1CCOCC1. The Morgan fingerprint density at radius 2 is 2.20 bits per heavy atom. The molecule has 1 aromatic carbocycles. The lowest BCUT2D eigenvalue weighted by Gasteiger charge is -2.21. The average Bonchev–Trinajstić information content (AvgIpc) is 2.49. The molecule has 0 unspecified atom stereocenters. The standard InChI is InChI=1S/C15H16ClNO3/c16-13-4-3-11(2-1-7-18)10-14(13)17-15(19)12-5-8-20-9-6-12/h3-4,10,12,18H,5-9H2,(H,17,19). The van der Waals surface area contributed by atoms with Crippen LogP contribution in [0.25, 0.3) is 0 Å². The fourth-order valence-electron chi connectivity index (χ4n) is 2.03. The van der Waals surface area contributed by atoms with E-state index in [-0.39, 0.29) is 18.4 Å². The maximum atomic E-state index is 12.1. The van der Waals surface area contributed by atoms with Crippen LogP contribution in [0.4, 0.5) is 5.69 Å². The van der Waals surface area contributed by atoms with Gasteiger partial charge in [-0.2, -0.15) is 0 Å². The van der Waals surface area contributed by atoms with Crippen LogP contribution in [-0.4, -0.2) is 30.8 Å². The lowest BCUT2D eigenvalue weighted by Crippen LogP contribution is -2.28. The van der Waals surface area contributed by atoms with Crippen LogP contribution < -0.4 is 5.32 Å². The molecular formula is C15H16ClNO3. The van der Waals surface area contributed by atoms with Crippen LogP contribution in [0.5, 0.6) is 0 Å². The number of aliphatic hydroxyl groups excluding tert-OH is 1. The zero-order valence-corrected chi connectivity index (χ0v) is 11.7.